The summed E-state index contributed by atoms with van der Waals surface area (Å²) in [5, 5.41) is 7.01. The average Bonchev–Trinajstić information content (AvgIpc) is 3.24. The van der Waals surface area contributed by atoms with Crippen LogP contribution in [0.1, 0.15) is 32.8 Å². The minimum atomic E-state index is 0. The first kappa shape index (κ1) is 19.5. The van der Waals surface area contributed by atoms with Crippen LogP contribution in [0.5, 0.6) is 11.5 Å². The van der Waals surface area contributed by atoms with E-state index in [1.54, 1.807) is 0 Å². The largest absolute Gasteiger partial charge is 0.454 e. The van der Waals surface area contributed by atoms with Crippen LogP contribution in [0.15, 0.2) is 23.2 Å². The fraction of sp³-hybridized carbons (Fsp3) is 0.632. The van der Waals surface area contributed by atoms with Gasteiger partial charge in [0, 0.05) is 30.5 Å². The number of fused-ring (bicyclic) bond motifs is 2. The van der Waals surface area contributed by atoms with Gasteiger partial charge in [-0.05, 0) is 31.0 Å². The summed E-state index contributed by atoms with van der Waals surface area (Å²) < 4.78 is 16.7. The molecule has 2 heterocycles. The number of benzene rings is 1. The Morgan fingerprint density at radius 3 is 2.88 bits per heavy atom. The molecule has 3 atom stereocenters. The molecule has 0 radical (unpaired) electrons. The fourth-order valence-electron chi connectivity index (χ4n) is 4.29. The Bertz CT molecular complexity index is 680. The van der Waals surface area contributed by atoms with E-state index in [0.29, 0.717) is 31.4 Å². The van der Waals surface area contributed by atoms with Crippen LogP contribution in [-0.2, 0) is 11.3 Å². The number of aliphatic imine (C=N–C) groups is 1. The fourth-order valence-corrected chi connectivity index (χ4v) is 4.29. The Labute approximate surface area is 172 Å². The van der Waals surface area contributed by atoms with Crippen molar-refractivity contribution in [1.82, 2.24) is 10.6 Å². The number of hydrogen-bond acceptors (Lipinski definition) is 4. The molecule has 1 aromatic carbocycles. The highest BCUT2D eigenvalue weighted by atomic mass is 127. The summed E-state index contributed by atoms with van der Waals surface area (Å²) >= 11 is 0. The predicted octanol–water partition coefficient (Wildman–Crippen LogP) is 2.90. The van der Waals surface area contributed by atoms with Gasteiger partial charge >= 0.3 is 0 Å². The van der Waals surface area contributed by atoms with Gasteiger partial charge in [-0.15, -0.1) is 24.0 Å². The Balaban J connectivity index is 0.00000196. The minimum Gasteiger partial charge on any atom is -0.454 e. The van der Waals surface area contributed by atoms with E-state index in [1.807, 2.05) is 18.2 Å². The number of rotatable bonds is 4. The van der Waals surface area contributed by atoms with Crippen LogP contribution in [0.3, 0.4) is 0 Å². The van der Waals surface area contributed by atoms with Gasteiger partial charge in [-0.25, -0.2) is 4.99 Å². The molecule has 0 aromatic heterocycles. The first-order valence-electron chi connectivity index (χ1n) is 9.14. The topological polar surface area (TPSA) is 64.1 Å². The maximum absolute atomic E-state index is 5.88. The second kappa shape index (κ2) is 7.80. The van der Waals surface area contributed by atoms with E-state index in [4.69, 9.17) is 19.2 Å². The normalized spacial score (nSPS) is 28.0. The molecule has 6 nitrogen and oxygen atoms in total. The molecule has 1 aliphatic carbocycles. The first-order valence-corrected chi connectivity index (χ1v) is 9.14. The number of nitrogens with zero attached hydrogens (tertiary/aromatic N) is 1. The lowest BCUT2D eigenvalue weighted by Gasteiger charge is -2.54. The van der Waals surface area contributed by atoms with Crippen LogP contribution in [0.4, 0.5) is 0 Å². The molecule has 26 heavy (non-hydrogen) atoms. The van der Waals surface area contributed by atoms with Crippen molar-refractivity contribution in [2.75, 3.05) is 19.9 Å². The molecule has 7 heteroatoms. The molecule has 4 rings (SSSR count). The van der Waals surface area contributed by atoms with E-state index in [0.717, 1.165) is 42.6 Å². The van der Waals surface area contributed by atoms with Crippen molar-refractivity contribution in [3.05, 3.63) is 23.8 Å². The maximum Gasteiger partial charge on any atom is 0.231 e. The summed E-state index contributed by atoms with van der Waals surface area (Å²) in [5.41, 5.74) is 1.24. The van der Waals surface area contributed by atoms with Gasteiger partial charge in [-0.3, -0.25) is 0 Å². The zero-order chi connectivity index (χ0) is 17.4. The van der Waals surface area contributed by atoms with Crippen molar-refractivity contribution in [1.29, 1.82) is 0 Å². The molecule has 3 aliphatic rings. The zero-order valence-electron chi connectivity index (χ0n) is 15.6. The molecule has 1 saturated heterocycles. The highest BCUT2D eigenvalue weighted by molar-refractivity contribution is 14.0. The van der Waals surface area contributed by atoms with Crippen molar-refractivity contribution in [3.63, 3.8) is 0 Å². The molecule has 2 fully saturated rings. The summed E-state index contributed by atoms with van der Waals surface area (Å²) in [5.74, 6) is 3.06. The Morgan fingerprint density at radius 1 is 1.27 bits per heavy atom. The average molecular weight is 473 g/mol. The third-order valence-corrected chi connectivity index (χ3v) is 5.59. The number of halogens is 1. The van der Waals surface area contributed by atoms with Gasteiger partial charge in [0.25, 0.3) is 0 Å². The molecule has 0 spiro atoms. The number of hydrogen-bond donors (Lipinski definition) is 2. The third kappa shape index (κ3) is 3.47. The molecule has 144 valence electrons. The predicted molar refractivity (Wildman–Crippen MR) is 111 cm³/mol. The van der Waals surface area contributed by atoms with Crippen LogP contribution in [0.2, 0.25) is 0 Å². The van der Waals surface area contributed by atoms with E-state index in [1.165, 1.54) is 0 Å². The Hall–Kier alpha value is -1.22. The van der Waals surface area contributed by atoms with Gasteiger partial charge in [0.05, 0.1) is 12.6 Å². The van der Waals surface area contributed by atoms with E-state index >= 15 is 0 Å². The van der Waals surface area contributed by atoms with Crippen molar-refractivity contribution in [2.45, 2.75) is 45.9 Å². The molecule has 3 unspecified atom stereocenters. The monoisotopic (exact) mass is 473 g/mol. The van der Waals surface area contributed by atoms with Gasteiger partial charge in [0.2, 0.25) is 6.79 Å². The van der Waals surface area contributed by atoms with Crippen molar-refractivity contribution in [2.24, 2.45) is 16.3 Å². The van der Waals surface area contributed by atoms with Gasteiger partial charge in [0.1, 0.15) is 0 Å². The highest BCUT2D eigenvalue weighted by Crippen LogP contribution is 2.52. The Morgan fingerprint density at radius 2 is 2.08 bits per heavy atom. The molecule has 0 bridgehead atoms. The summed E-state index contributed by atoms with van der Waals surface area (Å²) in [6, 6.07) is 6.39. The van der Waals surface area contributed by atoms with Gasteiger partial charge in [-0.1, -0.05) is 19.9 Å². The quantitative estimate of drug-likeness (QED) is 0.400. The van der Waals surface area contributed by atoms with E-state index in [-0.39, 0.29) is 29.4 Å². The van der Waals surface area contributed by atoms with Crippen molar-refractivity contribution >= 4 is 29.9 Å². The van der Waals surface area contributed by atoms with Crippen LogP contribution in [0, 0.1) is 11.3 Å². The molecule has 0 amide bonds. The molecule has 1 saturated carbocycles. The highest BCUT2D eigenvalue weighted by Gasteiger charge is 2.59. The molecular weight excluding hydrogens is 445 g/mol. The summed E-state index contributed by atoms with van der Waals surface area (Å²) in [6.07, 6.45) is 1.51. The summed E-state index contributed by atoms with van der Waals surface area (Å²) in [4.78, 5) is 4.77. The smallest absolute Gasteiger partial charge is 0.231 e. The van der Waals surface area contributed by atoms with Gasteiger partial charge in [0.15, 0.2) is 17.5 Å². The maximum atomic E-state index is 5.88. The standard InChI is InChI=1S/C19H27N3O3.HI/c1-4-20-18(22-16-13-7-8-23-17(13)19(16,2)3)21-10-12-5-6-14-15(9-12)25-11-24-14;/h5-6,9,13,16-17H,4,7-8,10-11H2,1-3H3,(H2,20,21,22);1H. The molecule has 2 N–H and O–H groups in total. The second-order valence-electron chi connectivity index (χ2n) is 7.57. The first-order chi connectivity index (χ1) is 12.1. The Kier molecular flexibility index (Phi) is 5.86. The van der Waals surface area contributed by atoms with Crippen molar-refractivity contribution in [3.8, 4) is 11.5 Å². The lowest BCUT2D eigenvalue weighted by molar-refractivity contribution is -0.106. The second-order valence-corrected chi connectivity index (χ2v) is 7.57. The molecular formula is C19H28IN3O3. The third-order valence-electron chi connectivity index (χ3n) is 5.59. The molecule has 2 aliphatic heterocycles. The minimum absolute atomic E-state index is 0. The zero-order valence-corrected chi connectivity index (χ0v) is 17.9. The van der Waals surface area contributed by atoms with Crippen LogP contribution in [0.25, 0.3) is 0 Å². The van der Waals surface area contributed by atoms with Crippen LogP contribution < -0.4 is 20.1 Å². The number of guanidine groups is 1. The van der Waals surface area contributed by atoms with E-state index in [9.17, 15) is 0 Å². The van der Waals surface area contributed by atoms with Gasteiger partial charge < -0.3 is 24.8 Å². The summed E-state index contributed by atoms with van der Waals surface area (Å²) in [7, 11) is 0. The lowest BCUT2D eigenvalue weighted by Crippen LogP contribution is -2.67. The van der Waals surface area contributed by atoms with E-state index in [2.05, 4.69) is 31.4 Å². The SMILES string of the molecule is CCNC(=NCc1ccc2c(c1)OCO2)NC1C2CCOC2C1(C)C.I. The van der Waals surface area contributed by atoms with Crippen molar-refractivity contribution < 1.29 is 14.2 Å². The van der Waals surface area contributed by atoms with Crippen LogP contribution >= 0.6 is 24.0 Å². The number of ether oxygens (including phenoxy) is 3. The summed E-state index contributed by atoms with van der Waals surface area (Å²) in [6.45, 7) is 9.26. The van der Waals surface area contributed by atoms with Crippen LogP contribution in [-0.4, -0.2) is 38.0 Å². The van der Waals surface area contributed by atoms with E-state index < -0.39 is 0 Å². The number of nitrogens with one attached hydrogen (secondary N) is 2. The molecule has 1 aromatic rings. The van der Waals surface area contributed by atoms with Gasteiger partial charge in [-0.2, -0.15) is 0 Å². The lowest BCUT2D eigenvalue weighted by atomic mass is 9.57.